The van der Waals surface area contributed by atoms with Crippen molar-refractivity contribution in [1.29, 1.82) is 0 Å². The number of allylic oxidation sites excluding steroid dienone is 6. The molecule has 0 aromatic heterocycles. The van der Waals surface area contributed by atoms with Gasteiger partial charge in [0, 0.05) is 11.8 Å². The summed E-state index contributed by atoms with van der Waals surface area (Å²) in [4.78, 5) is 24.5. The first-order valence-corrected chi connectivity index (χ1v) is 22.0. The van der Waals surface area contributed by atoms with Gasteiger partial charge in [-0.05, 0) is 123 Å². The Bertz CT molecular complexity index is 1140. The van der Waals surface area contributed by atoms with Crippen LogP contribution in [-0.2, 0) is 14.3 Å². The topological polar surface area (TPSA) is 83.8 Å². The molecule has 0 saturated heterocycles. The van der Waals surface area contributed by atoms with E-state index in [4.69, 9.17) is 4.74 Å². The molecular weight excluding hydrogens is 657 g/mol. The van der Waals surface area contributed by atoms with Crippen molar-refractivity contribution in [3.8, 4) is 0 Å². The molecule has 0 spiro atoms. The molecule has 1 aliphatic rings. The highest BCUT2D eigenvalue weighted by atomic mass is 16.5. The number of carbonyl (C=O) groups is 2. The molecule has 0 bridgehead atoms. The third kappa shape index (κ3) is 20.5. The normalized spacial score (nSPS) is 22.4. The van der Waals surface area contributed by atoms with Gasteiger partial charge >= 0.3 is 5.97 Å². The van der Waals surface area contributed by atoms with Gasteiger partial charge in [-0.15, -0.1) is 0 Å². The predicted octanol–water partition coefficient (Wildman–Crippen LogP) is 13.4. The minimum atomic E-state index is -0.903. The smallest absolute Gasteiger partial charge is 0.305 e. The second-order valence-corrected chi connectivity index (χ2v) is 17.2. The van der Waals surface area contributed by atoms with E-state index in [-0.39, 0.29) is 11.9 Å². The molecule has 5 heteroatoms. The van der Waals surface area contributed by atoms with E-state index >= 15 is 0 Å². The number of aliphatic hydroxyl groups is 2. The summed E-state index contributed by atoms with van der Waals surface area (Å²) in [5.74, 6) is -0.106. The van der Waals surface area contributed by atoms with Crippen LogP contribution in [0.15, 0.2) is 46.1 Å². The van der Waals surface area contributed by atoms with Crippen LogP contribution in [0.5, 0.6) is 0 Å². The third-order valence-corrected chi connectivity index (χ3v) is 12.3. The number of rotatable bonds is 30. The van der Waals surface area contributed by atoms with Gasteiger partial charge in [0.05, 0.1) is 18.3 Å². The molecule has 1 rings (SSSR count). The average Bonchev–Trinajstić information content (AvgIpc) is 3.11. The summed E-state index contributed by atoms with van der Waals surface area (Å²) in [5.41, 5.74) is 4.10. The second-order valence-electron chi connectivity index (χ2n) is 17.2. The molecule has 0 radical (unpaired) electrons. The lowest BCUT2D eigenvalue weighted by Gasteiger charge is -2.53. The van der Waals surface area contributed by atoms with Gasteiger partial charge in [-0.25, -0.2) is 0 Å². The van der Waals surface area contributed by atoms with Gasteiger partial charge in [0.1, 0.15) is 6.29 Å². The molecule has 1 aliphatic carbocycles. The number of aldehydes is 1. The number of unbranched alkanes of at least 4 members (excludes halogenated alkanes) is 14. The third-order valence-electron chi connectivity index (χ3n) is 12.3. The second kappa shape index (κ2) is 28.4. The van der Waals surface area contributed by atoms with E-state index in [0.29, 0.717) is 38.7 Å². The molecule has 0 heterocycles. The van der Waals surface area contributed by atoms with Gasteiger partial charge in [-0.1, -0.05) is 139 Å². The zero-order chi connectivity index (χ0) is 39.5. The van der Waals surface area contributed by atoms with Crippen LogP contribution in [0.4, 0.5) is 0 Å². The molecule has 5 nitrogen and oxygen atoms in total. The summed E-state index contributed by atoms with van der Waals surface area (Å²) in [6.07, 6.45) is 33.8. The van der Waals surface area contributed by atoms with Crippen LogP contribution >= 0.6 is 0 Å². The van der Waals surface area contributed by atoms with Crippen LogP contribution in [0.25, 0.3) is 0 Å². The monoisotopic (exact) mass is 741 g/mol. The fourth-order valence-corrected chi connectivity index (χ4v) is 8.19. The molecule has 0 aliphatic heterocycles. The van der Waals surface area contributed by atoms with Crippen LogP contribution < -0.4 is 0 Å². The van der Waals surface area contributed by atoms with Gasteiger partial charge in [-0.2, -0.15) is 0 Å². The molecule has 306 valence electrons. The number of ether oxygens (including phenoxy) is 1. The highest BCUT2D eigenvalue weighted by Gasteiger charge is 2.52. The molecule has 1 saturated carbocycles. The van der Waals surface area contributed by atoms with Crippen LogP contribution in [0, 0.1) is 11.3 Å². The van der Waals surface area contributed by atoms with Crippen molar-refractivity contribution in [2.24, 2.45) is 11.3 Å². The fourth-order valence-electron chi connectivity index (χ4n) is 8.19. The van der Waals surface area contributed by atoms with Crippen molar-refractivity contribution >= 4 is 12.3 Å². The van der Waals surface area contributed by atoms with Crippen LogP contribution in [0.2, 0.25) is 0 Å². The van der Waals surface area contributed by atoms with Crippen molar-refractivity contribution in [3.63, 3.8) is 0 Å². The summed E-state index contributed by atoms with van der Waals surface area (Å²) in [5, 5.41) is 22.7. The van der Waals surface area contributed by atoms with Crippen molar-refractivity contribution in [1.82, 2.24) is 0 Å². The van der Waals surface area contributed by atoms with Crippen molar-refractivity contribution in [2.45, 2.75) is 228 Å². The van der Waals surface area contributed by atoms with Crippen LogP contribution in [0.3, 0.4) is 0 Å². The Morgan fingerprint density at radius 1 is 0.792 bits per heavy atom. The fraction of sp³-hybridized carbons (Fsp3) is 0.792. The minimum Gasteiger partial charge on any atom is -0.466 e. The maximum atomic E-state index is 12.5. The molecule has 4 atom stereocenters. The van der Waals surface area contributed by atoms with E-state index < -0.39 is 17.1 Å². The number of esters is 1. The summed E-state index contributed by atoms with van der Waals surface area (Å²) in [7, 11) is 0. The van der Waals surface area contributed by atoms with E-state index in [0.717, 1.165) is 68.0 Å². The van der Waals surface area contributed by atoms with E-state index in [1.807, 2.05) is 20.8 Å². The molecule has 0 unspecified atom stereocenters. The molecule has 0 aromatic carbocycles. The minimum absolute atomic E-state index is 0.00993. The van der Waals surface area contributed by atoms with Crippen molar-refractivity contribution in [3.05, 3.63) is 46.1 Å². The average molecular weight is 741 g/mol. The zero-order valence-electron chi connectivity index (χ0n) is 36.0. The Labute approximate surface area is 327 Å². The number of hydrogen-bond acceptors (Lipinski definition) is 5. The lowest BCUT2D eigenvalue weighted by Crippen LogP contribution is -2.52. The van der Waals surface area contributed by atoms with Crippen molar-refractivity contribution < 1.29 is 24.5 Å². The SMILES string of the molecule is CCCCCCCCCCCCCCCCCC(=O)OCCC[C@H]1/C(=C(/C)C=O)CC[C@](C)(O)[C@]1(C)CC/C=C(\C)[C@H](O)C/C=C(\C)CCC=C(C)C. The van der Waals surface area contributed by atoms with Crippen LogP contribution in [-0.4, -0.2) is 40.8 Å². The van der Waals surface area contributed by atoms with Gasteiger partial charge in [0.2, 0.25) is 0 Å². The molecule has 0 amide bonds. The lowest BCUT2D eigenvalue weighted by molar-refractivity contribution is -0.144. The summed E-state index contributed by atoms with van der Waals surface area (Å²) >= 11 is 0. The Balaban J connectivity index is 2.54. The molecular formula is C48H84O5. The highest BCUT2D eigenvalue weighted by molar-refractivity contribution is 5.74. The predicted molar refractivity (Wildman–Crippen MR) is 226 cm³/mol. The molecule has 1 fully saturated rings. The maximum Gasteiger partial charge on any atom is 0.305 e. The maximum absolute atomic E-state index is 12.5. The molecule has 0 aromatic rings. The number of aliphatic hydroxyl groups excluding tert-OH is 1. The largest absolute Gasteiger partial charge is 0.466 e. The van der Waals surface area contributed by atoms with Crippen LogP contribution in [0.1, 0.15) is 216 Å². The first-order valence-electron chi connectivity index (χ1n) is 22.0. The standard InChI is InChI=1S/C48H84O5/c1-9-10-11-12-13-14-15-16-17-18-19-20-21-22-23-31-46(51)53-37-26-30-44-43(42(6)38-49)34-36-48(8,52)47(44,7)35-25-29-41(5)45(50)33-32-40(4)28-24-27-39(2)3/h27,29,32,38,44-45,50,52H,9-26,28,30-31,33-37H2,1-8H3/b40-32+,41-29+,43-42-/t44-,45+,47+,48-/m0/s1. The quantitative estimate of drug-likeness (QED) is 0.0252. The van der Waals surface area contributed by atoms with E-state index in [2.05, 4.69) is 52.8 Å². The Kier molecular flexibility index (Phi) is 26.3. The van der Waals surface area contributed by atoms with Crippen molar-refractivity contribution in [2.75, 3.05) is 6.61 Å². The molecule has 53 heavy (non-hydrogen) atoms. The number of hydrogen-bond donors (Lipinski definition) is 2. The van der Waals surface area contributed by atoms with E-state index in [9.17, 15) is 19.8 Å². The summed E-state index contributed by atoms with van der Waals surface area (Å²) in [6, 6.07) is 0. The van der Waals surface area contributed by atoms with E-state index in [1.165, 1.54) is 94.6 Å². The summed E-state index contributed by atoms with van der Waals surface area (Å²) < 4.78 is 5.67. The lowest BCUT2D eigenvalue weighted by atomic mass is 9.54. The van der Waals surface area contributed by atoms with Gasteiger partial charge in [0.15, 0.2) is 0 Å². The summed E-state index contributed by atoms with van der Waals surface area (Å²) in [6.45, 7) is 17.0. The Hall–Kier alpha value is -1.98. The Morgan fingerprint density at radius 3 is 1.91 bits per heavy atom. The molecule has 2 N–H and O–H groups in total. The first kappa shape index (κ1) is 49.0. The van der Waals surface area contributed by atoms with Gasteiger partial charge in [-0.3, -0.25) is 9.59 Å². The van der Waals surface area contributed by atoms with Gasteiger partial charge < -0.3 is 14.9 Å². The van der Waals surface area contributed by atoms with Gasteiger partial charge in [0.25, 0.3) is 0 Å². The first-order chi connectivity index (χ1) is 25.3. The number of carbonyl (C=O) groups excluding carboxylic acids is 2. The zero-order valence-corrected chi connectivity index (χ0v) is 36.0. The van der Waals surface area contributed by atoms with E-state index in [1.54, 1.807) is 0 Å². The Morgan fingerprint density at radius 2 is 1.36 bits per heavy atom. The highest BCUT2D eigenvalue weighted by Crippen LogP contribution is 2.55.